The summed E-state index contributed by atoms with van der Waals surface area (Å²) in [5.41, 5.74) is 6.85. The number of phenols is 1. The lowest BCUT2D eigenvalue weighted by atomic mass is 9.94. The van der Waals surface area contributed by atoms with Gasteiger partial charge >= 0.3 is 12.3 Å². The van der Waals surface area contributed by atoms with Crippen molar-refractivity contribution in [1.82, 2.24) is 0 Å². The van der Waals surface area contributed by atoms with E-state index < -0.39 is 24.1 Å². The first kappa shape index (κ1) is 20.6. The van der Waals surface area contributed by atoms with Crippen molar-refractivity contribution < 1.29 is 32.9 Å². The molecule has 0 bridgehead atoms. The van der Waals surface area contributed by atoms with E-state index in [0.29, 0.717) is 11.1 Å². The summed E-state index contributed by atoms with van der Waals surface area (Å²) in [6, 6.07) is 6.43. The number of nitrogens with two attached hydrogens (primary N) is 1. The molecule has 0 aliphatic carbocycles. The molecule has 1 atom stereocenters. The van der Waals surface area contributed by atoms with Gasteiger partial charge in [0.2, 0.25) is 0 Å². The highest BCUT2D eigenvalue weighted by Gasteiger charge is 2.31. The number of hydrogen-bond acceptors (Lipinski definition) is 4. The quantitative estimate of drug-likeness (QED) is 0.754. The van der Waals surface area contributed by atoms with Crippen LogP contribution in [0.5, 0.6) is 11.5 Å². The van der Waals surface area contributed by atoms with Crippen LogP contribution in [0.2, 0.25) is 0 Å². The topological polar surface area (TPSA) is 92.8 Å². The molecule has 2 aromatic carbocycles. The van der Waals surface area contributed by atoms with E-state index in [2.05, 4.69) is 4.74 Å². The van der Waals surface area contributed by atoms with Crippen molar-refractivity contribution in [2.24, 2.45) is 5.73 Å². The van der Waals surface area contributed by atoms with E-state index in [9.17, 15) is 23.1 Å². The van der Waals surface area contributed by atoms with Gasteiger partial charge in [0, 0.05) is 5.56 Å². The Hall–Kier alpha value is -2.45. The molecule has 4 N–H and O–H groups in total. The van der Waals surface area contributed by atoms with Crippen LogP contribution in [0.15, 0.2) is 36.4 Å². The Bertz CT molecular complexity index is 763. The van der Waals surface area contributed by atoms with Crippen molar-refractivity contribution in [2.75, 3.05) is 0 Å². The Morgan fingerprint density at radius 3 is 2.24 bits per heavy atom. The number of rotatable bonds is 4. The standard InChI is InChI=1S/C16H14F3NO4.ClH/c1-8-6-10(15(22)23)7-12(14(8)21)13(20)9-2-4-11(5-3-9)24-16(17,18)19;/h2-7,13,21H,20H2,1H3,(H,22,23);1H/t13-;/m0./s1. The fourth-order valence-corrected chi connectivity index (χ4v) is 2.22. The van der Waals surface area contributed by atoms with Crippen molar-refractivity contribution in [2.45, 2.75) is 19.3 Å². The molecule has 0 saturated carbocycles. The lowest BCUT2D eigenvalue weighted by molar-refractivity contribution is -0.274. The highest BCUT2D eigenvalue weighted by atomic mass is 35.5. The summed E-state index contributed by atoms with van der Waals surface area (Å²) in [5.74, 6) is -1.75. The Labute approximate surface area is 147 Å². The van der Waals surface area contributed by atoms with Crippen LogP contribution < -0.4 is 10.5 Å². The minimum atomic E-state index is -4.80. The number of phenolic OH excluding ortho intramolecular Hbond substituents is 1. The Morgan fingerprint density at radius 2 is 1.76 bits per heavy atom. The van der Waals surface area contributed by atoms with Crippen LogP contribution >= 0.6 is 12.4 Å². The largest absolute Gasteiger partial charge is 0.573 e. The fraction of sp³-hybridized carbons (Fsp3) is 0.188. The molecule has 0 unspecified atom stereocenters. The van der Waals surface area contributed by atoms with Crippen LogP contribution in [-0.2, 0) is 0 Å². The maximum absolute atomic E-state index is 12.1. The lowest BCUT2D eigenvalue weighted by Crippen LogP contribution is -2.17. The molecular formula is C16H15ClF3NO4. The summed E-state index contributed by atoms with van der Waals surface area (Å²) in [6.07, 6.45) is -4.80. The number of carbonyl (C=O) groups is 1. The minimum absolute atomic E-state index is 0. The summed E-state index contributed by atoms with van der Waals surface area (Å²) in [6.45, 7) is 1.53. The molecule has 2 rings (SSSR count). The molecule has 9 heteroatoms. The Kier molecular flexibility index (Phi) is 6.28. The van der Waals surface area contributed by atoms with E-state index in [1.165, 1.54) is 31.2 Å². The smallest absolute Gasteiger partial charge is 0.507 e. The number of ether oxygens (including phenoxy) is 1. The first-order valence-electron chi connectivity index (χ1n) is 6.76. The molecule has 0 fully saturated rings. The van der Waals surface area contributed by atoms with Gasteiger partial charge in [0.25, 0.3) is 0 Å². The average Bonchev–Trinajstić information content (AvgIpc) is 2.48. The molecule has 136 valence electrons. The van der Waals surface area contributed by atoms with Gasteiger partial charge in [-0.15, -0.1) is 25.6 Å². The molecule has 0 amide bonds. The minimum Gasteiger partial charge on any atom is -0.507 e. The Morgan fingerprint density at radius 1 is 1.20 bits per heavy atom. The number of aromatic carboxylic acids is 1. The normalized spacial score (nSPS) is 12.2. The van der Waals surface area contributed by atoms with Gasteiger partial charge in [0.15, 0.2) is 0 Å². The van der Waals surface area contributed by atoms with Crippen molar-refractivity contribution in [3.05, 3.63) is 58.7 Å². The highest BCUT2D eigenvalue weighted by molar-refractivity contribution is 5.88. The molecule has 5 nitrogen and oxygen atoms in total. The second kappa shape index (κ2) is 7.62. The number of carboxylic acids is 1. The van der Waals surface area contributed by atoms with Crippen LogP contribution in [0.4, 0.5) is 13.2 Å². The summed E-state index contributed by atoms with van der Waals surface area (Å²) >= 11 is 0. The predicted octanol–water partition coefficient (Wildman–Crippen LogP) is 3.77. The van der Waals surface area contributed by atoms with Gasteiger partial charge in [-0.05, 0) is 42.3 Å². The molecule has 0 aliphatic heterocycles. The van der Waals surface area contributed by atoms with Gasteiger partial charge in [-0.2, -0.15) is 0 Å². The molecule has 0 saturated heterocycles. The van der Waals surface area contributed by atoms with Gasteiger partial charge in [-0.3, -0.25) is 0 Å². The van der Waals surface area contributed by atoms with Crippen molar-refractivity contribution in [3.8, 4) is 11.5 Å². The number of aryl methyl sites for hydroxylation is 1. The second-order valence-electron chi connectivity index (χ2n) is 5.13. The van der Waals surface area contributed by atoms with E-state index >= 15 is 0 Å². The van der Waals surface area contributed by atoms with Crippen molar-refractivity contribution in [3.63, 3.8) is 0 Å². The molecule has 0 radical (unpaired) electrons. The maximum Gasteiger partial charge on any atom is 0.573 e. The monoisotopic (exact) mass is 377 g/mol. The SMILES string of the molecule is Cc1cc(C(=O)O)cc([C@@H](N)c2ccc(OC(F)(F)F)cc2)c1O.Cl. The number of alkyl halides is 3. The van der Waals surface area contributed by atoms with E-state index in [1.54, 1.807) is 0 Å². The van der Waals surface area contributed by atoms with E-state index in [-0.39, 0.29) is 29.3 Å². The zero-order valence-electron chi connectivity index (χ0n) is 12.9. The third-order valence-corrected chi connectivity index (χ3v) is 3.38. The summed E-state index contributed by atoms with van der Waals surface area (Å²) < 4.78 is 40.2. The molecule has 25 heavy (non-hydrogen) atoms. The summed E-state index contributed by atoms with van der Waals surface area (Å²) in [4.78, 5) is 11.1. The third kappa shape index (κ3) is 5.01. The van der Waals surface area contributed by atoms with Crippen LogP contribution in [-0.4, -0.2) is 22.5 Å². The number of carboxylic acid groups (broad SMARTS) is 1. The average molecular weight is 378 g/mol. The highest BCUT2D eigenvalue weighted by Crippen LogP contribution is 2.33. The van der Waals surface area contributed by atoms with E-state index in [1.807, 2.05) is 0 Å². The molecular weight excluding hydrogens is 363 g/mol. The van der Waals surface area contributed by atoms with E-state index in [0.717, 1.165) is 12.1 Å². The van der Waals surface area contributed by atoms with Crippen LogP contribution in [0.1, 0.15) is 33.1 Å². The Balaban J connectivity index is 0.00000312. The first-order chi connectivity index (χ1) is 11.1. The van der Waals surface area contributed by atoms with Gasteiger partial charge in [-0.25, -0.2) is 4.79 Å². The molecule has 0 aliphatic rings. The predicted molar refractivity (Wildman–Crippen MR) is 86.2 cm³/mol. The number of benzene rings is 2. The maximum atomic E-state index is 12.1. The lowest BCUT2D eigenvalue weighted by Gasteiger charge is -2.17. The summed E-state index contributed by atoms with van der Waals surface area (Å²) in [5, 5.41) is 19.2. The van der Waals surface area contributed by atoms with Gasteiger partial charge in [-0.1, -0.05) is 12.1 Å². The van der Waals surface area contributed by atoms with Gasteiger partial charge < -0.3 is 20.7 Å². The van der Waals surface area contributed by atoms with Crippen LogP contribution in [0.3, 0.4) is 0 Å². The van der Waals surface area contributed by atoms with Crippen LogP contribution in [0.25, 0.3) is 0 Å². The van der Waals surface area contributed by atoms with Crippen molar-refractivity contribution >= 4 is 18.4 Å². The number of halogens is 4. The number of aromatic hydroxyl groups is 1. The van der Waals surface area contributed by atoms with Crippen molar-refractivity contribution in [1.29, 1.82) is 0 Å². The third-order valence-electron chi connectivity index (χ3n) is 3.38. The molecule has 0 aromatic heterocycles. The fourth-order valence-electron chi connectivity index (χ4n) is 2.22. The van der Waals surface area contributed by atoms with Gasteiger partial charge in [0.05, 0.1) is 11.6 Å². The zero-order chi connectivity index (χ0) is 18.1. The number of hydrogen-bond donors (Lipinski definition) is 3. The zero-order valence-corrected chi connectivity index (χ0v) is 13.7. The molecule has 2 aromatic rings. The van der Waals surface area contributed by atoms with E-state index in [4.69, 9.17) is 10.8 Å². The van der Waals surface area contributed by atoms with Gasteiger partial charge in [0.1, 0.15) is 11.5 Å². The molecule has 0 spiro atoms. The summed E-state index contributed by atoms with van der Waals surface area (Å²) in [7, 11) is 0. The second-order valence-corrected chi connectivity index (χ2v) is 5.13. The first-order valence-corrected chi connectivity index (χ1v) is 6.76. The molecule has 0 heterocycles. The van der Waals surface area contributed by atoms with Crippen LogP contribution in [0, 0.1) is 6.92 Å².